The number of carbonyl (C=O) groups is 1. The van der Waals surface area contributed by atoms with Crippen molar-refractivity contribution < 1.29 is 14.3 Å². The molecule has 1 aliphatic carbocycles. The molecule has 3 rings (SSSR count). The van der Waals surface area contributed by atoms with E-state index in [1.165, 1.54) is 6.20 Å². The fraction of sp³-hybridized carbons (Fsp3) is 0.643. The lowest BCUT2D eigenvalue weighted by atomic mass is 9.89. The molecule has 1 aliphatic heterocycles. The van der Waals surface area contributed by atoms with E-state index in [-0.39, 0.29) is 24.2 Å². The van der Waals surface area contributed by atoms with E-state index in [0.717, 1.165) is 25.0 Å². The molecular weight excluding hydrogens is 258 g/mol. The Labute approximate surface area is 117 Å². The summed E-state index contributed by atoms with van der Waals surface area (Å²) in [7, 11) is 0. The molecule has 2 heterocycles. The predicted molar refractivity (Wildman–Crippen MR) is 71.4 cm³/mol. The van der Waals surface area contributed by atoms with Crippen LogP contribution in [0.15, 0.2) is 12.4 Å². The monoisotopic (exact) mass is 277 g/mol. The number of nitrogens with zero attached hydrogens (tertiary/aromatic N) is 2. The van der Waals surface area contributed by atoms with E-state index in [1.807, 2.05) is 6.92 Å². The Kier molecular flexibility index (Phi) is 3.93. The van der Waals surface area contributed by atoms with Gasteiger partial charge in [-0.05, 0) is 26.2 Å². The molecule has 0 radical (unpaired) electrons. The van der Waals surface area contributed by atoms with Gasteiger partial charge >= 0.3 is 0 Å². The quantitative estimate of drug-likeness (QED) is 0.867. The fourth-order valence-corrected chi connectivity index (χ4v) is 2.77. The number of carbonyl (C=O) groups excluding carboxylic acids is 1. The first kappa shape index (κ1) is 13.5. The van der Waals surface area contributed by atoms with Crippen molar-refractivity contribution in [3.8, 4) is 0 Å². The van der Waals surface area contributed by atoms with Crippen LogP contribution >= 0.6 is 0 Å². The van der Waals surface area contributed by atoms with Crippen LogP contribution in [0, 0.1) is 6.92 Å². The second-order valence-corrected chi connectivity index (χ2v) is 5.34. The highest BCUT2D eigenvalue weighted by Crippen LogP contribution is 2.26. The zero-order chi connectivity index (χ0) is 13.9. The van der Waals surface area contributed by atoms with Gasteiger partial charge in [-0.1, -0.05) is 0 Å². The van der Waals surface area contributed by atoms with Crippen LogP contribution in [-0.2, 0) is 9.47 Å². The number of fused-ring (bicyclic) bond motifs is 1. The van der Waals surface area contributed by atoms with E-state index in [4.69, 9.17) is 9.47 Å². The lowest BCUT2D eigenvalue weighted by molar-refractivity contribution is -0.157. The zero-order valence-electron chi connectivity index (χ0n) is 11.5. The minimum Gasteiger partial charge on any atom is -0.373 e. The SMILES string of the molecule is Cc1cnc(C(=O)NC2CCC3OCCOC3C2)cn1. The Morgan fingerprint density at radius 2 is 2.00 bits per heavy atom. The van der Waals surface area contributed by atoms with Gasteiger partial charge in [0.25, 0.3) is 5.91 Å². The molecule has 6 nitrogen and oxygen atoms in total. The van der Waals surface area contributed by atoms with Gasteiger partial charge < -0.3 is 14.8 Å². The number of amides is 1. The van der Waals surface area contributed by atoms with Crippen molar-refractivity contribution in [1.82, 2.24) is 15.3 Å². The van der Waals surface area contributed by atoms with E-state index >= 15 is 0 Å². The van der Waals surface area contributed by atoms with Crippen LogP contribution in [-0.4, -0.2) is 47.3 Å². The summed E-state index contributed by atoms with van der Waals surface area (Å²) in [6.45, 7) is 3.17. The molecule has 1 aromatic rings. The molecular formula is C14H19N3O3. The van der Waals surface area contributed by atoms with Crippen molar-refractivity contribution >= 4 is 5.91 Å². The first-order valence-electron chi connectivity index (χ1n) is 7.05. The van der Waals surface area contributed by atoms with Crippen LogP contribution in [0.1, 0.15) is 35.4 Å². The summed E-state index contributed by atoms with van der Waals surface area (Å²) in [5.74, 6) is -0.169. The second-order valence-electron chi connectivity index (χ2n) is 5.34. The maximum Gasteiger partial charge on any atom is 0.271 e. The van der Waals surface area contributed by atoms with Crippen LogP contribution in [0.3, 0.4) is 0 Å². The third-order valence-corrected chi connectivity index (χ3v) is 3.83. The molecule has 1 N–H and O–H groups in total. The molecule has 0 aromatic carbocycles. The van der Waals surface area contributed by atoms with Gasteiger partial charge in [-0.2, -0.15) is 0 Å². The maximum absolute atomic E-state index is 12.1. The molecule has 2 aliphatic rings. The van der Waals surface area contributed by atoms with Crippen molar-refractivity contribution in [3.63, 3.8) is 0 Å². The molecule has 1 amide bonds. The summed E-state index contributed by atoms with van der Waals surface area (Å²) in [6.07, 6.45) is 6.05. The molecule has 2 fully saturated rings. The van der Waals surface area contributed by atoms with Gasteiger partial charge in [0.15, 0.2) is 0 Å². The minimum atomic E-state index is -0.169. The van der Waals surface area contributed by atoms with Gasteiger partial charge in [-0.15, -0.1) is 0 Å². The molecule has 1 aromatic heterocycles. The van der Waals surface area contributed by atoms with E-state index in [1.54, 1.807) is 6.20 Å². The normalized spacial score (nSPS) is 29.6. The lowest BCUT2D eigenvalue weighted by Gasteiger charge is -2.39. The predicted octanol–water partition coefficient (Wildman–Crippen LogP) is 0.851. The molecule has 6 heteroatoms. The van der Waals surface area contributed by atoms with Crippen LogP contribution in [0.2, 0.25) is 0 Å². The number of nitrogens with one attached hydrogen (secondary N) is 1. The Morgan fingerprint density at radius 1 is 1.20 bits per heavy atom. The summed E-state index contributed by atoms with van der Waals surface area (Å²) in [5.41, 5.74) is 1.16. The number of aryl methyl sites for hydroxylation is 1. The number of rotatable bonds is 2. The van der Waals surface area contributed by atoms with Gasteiger partial charge in [0, 0.05) is 12.2 Å². The van der Waals surface area contributed by atoms with Crippen LogP contribution in [0.25, 0.3) is 0 Å². The van der Waals surface area contributed by atoms with Gasteiger partial charge in [0.1, 0.15) is 5.69 Å². The molecule has 3 unspecified atom stereocenters. The average molecular weight is 277 g/mol. The number of aromatic nitrogens is 2. The smallest absolute Gasteiger partial charge is 0.271 e. The van der Waals surface area contributed by atoms with Gasteiger partial charge in [0.2, 0.25) is 0 Å². The topological polar surface area (TPSA) is 73.3 Å². The van der Waals surface area contributed by atoms with E-state index in [2.05, 4.69) is 15.3 Å². The van der Waals surface area contributed by atoms with Crippen LogP contribution < -0.4 is 5.32 Å². The van der Waals surface area contributed by atoms with Crippen LogP contribution in [0.5, 0.6) is 0 Å². The molecule has 108 valence electrons. The number of hydrogen-bond donors (Lipinski definition) is 1. The summed E-state index contributed by atoms with van der Waals surface area (Å²) in [4.78, 5) is 20.3. The maximum atomic E-state index is 12.1. The molecule has 0 bridgehead atoms. The largest absolute Gasteiger partial charge is 0.373 e. The molecule has 1 saturated carbocycles. The average Bonchev–Trinajstić information content (AvgIpc) is 2.48. The lowest BCUT2D eigenvalue weighted by Crippen LogP contribution is -2.49. The van der Waals surface area contributed by atoms with E-state index in [0.29, 0.717) is 18.9 Å². The van der Waals surface area contributed by atoms with E-state index in [9.17, 15) is 4.79 Å². The Bertz CT molecular complexity index is 477. The Balaban J connectivity index is 1.58. The standard InChI is InChI=1S/C14H19N3O3/c1-9-7-16-11(8-15-9)14(18)17-10-2-3-12-13(6-10)20-5-4-19-12/h7-8,10,12-13H,2-6H2,1H3,(H,17,18). The van der Waals surface area contributed by atoms with Gasteiger partial charge in [0.05, 0.1) is 37.3 Å². The third-order valence-electron chi connectivity index (χ3n) is 3.83. The van der Waals surface area contributed by atoms with Gasteiger partial charge in [-0.25, -0.2) is 4.98 Å². The Hall–Kier alpha value is -1.53. The summed E-state index contributed by atoms with van der Waals surface area (Å²) < 4.78 is 11.4. The molecule has 3 atom stereocenters. The van der Waals surface area contributed by atoms with Crippen LogP contribution in [0.4, 0.5) is 0 Å². The minimum absolute atomic E-state index is 0.104. The van der Waals surface area contributed by atoms with Crippen molar-refractivity contribution in [3.05, 3.63) is 23.8 Å². The number of ether oxygens (including phenoxy) is 2. The fourth-order valence-electron chi connectivity index (χ4n) is 2.77. The molecule has 1 saturated heterocycles. The molecule has 0 spiro atoms. The van der Waals surface area contributed by atoms with E-state index < -0.39 is 0 Å². The highest BCUT2D eigenvalue weighted by molar-refractivity contribution is 5.92. The number of hydrogen-bond acceptors (Lipinski definition) is 5. The second kappa shape index (κ2) is 5.85. The van der Waals surface area contributed by atoms with Crippen molar-refractivity contribution in [2.75, 3.05) is 13.2 Å². The highest BCUT2D eigenvalue weighted by atomic mass is 16.6. The first-order chi connectivity index (χ1) is 9.72. The first-order valence-corrected chi connectivity index (χ1v) is 7.05. The van der Waals surface area contributed by atoms with Crippen molar-refractivity contribution in [2.45, 2.75) is 44.4 Å². The molecule has 20 heavy (non-hydrogen) atoms. The summed E-state index contributed by atoms with van der Waals surface area (Å²) in [5, 5.41) is 3.01. The highest BCUT2D eigenvalue weighted by Gasteiger charge is 2.34. The summed E-state index contributed by atoms with van der Waals surface area (Å²) in [6, 6.07) is 0.119. The summed E-state index contributed by atoms with van der Waals surface area (Å²) >= 11 is 0. The van der Waals surface area contributed by atoms with Crippen molar-refractivity contribution in [1.29, 1.82) is 0 Å². The van der Waals surface area contributed by atoms with Crippen molar-refractivity contribution in [2.24, 2.45) is 0 Å². The Morgan fingerprint density at radius 3 is 2.75 bits per heavy atom. The zero-order valence-corrected chi connectivity index (χ0v) is 11.5. The third kappa shape index (κ3) is 2.96. The van der Waals surface area contributed by atoms with Gasteiger partial charge in [-0.3, -0.25) is 9.78 Å².